The lowest BCUT2D eigenvalue weighted by molar-refractivity contribution is -0.257. The van der Waals surface area contributed by atoms with E-state index in [2.05, 4.69) is 20.8 Å². The minimum Gasteiger partial charge on any atom is -0.403 e. The zero-order valence-electron chi connectivity index (χ0n) is 11.3. The van der Waals surface area contributed by atoms with Crippen LogP contribution >= 0.6 is 0 Å². The topological polar surface area (TPSA) is 44.5 Å². The average molecular weight is 237 g/mol. The van der Waals surface area contributed by atoms with Gasteiger partial charge < -0.3 is 15.0 Å². The first-order valence-electron chi connectivity index (χ1n) is 7.01. The summed E-state index contributed by atoms with van der Waals surface area (Å²) >= 11 is 0. The third-order valence-corrected chi connectivity index (χ3v) is 5.79. The summed E-state index contributed by atoms with van der Waals surface area (Å²) in [5.74, 6) is 0.826. The second kappa shape index (κ2) is 3.49. The number of fused-ring (bicyclic) bond motifs is 1. The van der Waals surface area contributed by atoms with Crippen molar-refractivity contribution in [2.75, 3.05) is 6.54 Å². The molecule has 3 atom stereocenters. The van der Waals surface area contributed by atoms with Crippen molar-refractivity contribution in [1.29, 1.82) is 0 Å². The van der Waals surface area contributed by atoms with E-state index in [1.165, 1.54) is 12.8 Å². The van der Waals surface area contributed by atoms with Gasteiger partial charge in [0.05, 0.1) is 11.2 Å². The lowest BCUT2D eigenvalue weighted by atomic mass is 9.41. The van der Waals surface area contributed by atoms with E-state index in [1.807, 2.05) is 0 Å². The van der Waals surface area contributed by atoms with Gasteiger partial charge in [-0.05, 0) is 56.8 Å². The lowest BCUT2D eigenvalue weighted by Gasteiger charge is -2.69. The highest BCUT2D eigenvalue weighted by atomic mass is 16.7. The Kier molecular flexibility index (Phi) is 2.46. The molecule has 17 heavy (non-hydrogen) atoms. The zero-order valence-corrected chi connectivity index (χ0v) is 11.3. The minimum absolute atomic E-state index is 0.0256. The molecule has 0 amide bonds. The summed E-state index contributed by atoms with van der Waals surface area (Å²) in [6, 6.07) is 0. The molecule has 1 unspecified atom stereocenters. The molecule has 4 heteroatoms. The van der Waals surface area contributed by atoms with Crippen molar-refractivity contribution in [2.45, 2.75) is 64.0 Å². The van der Waals surface area contributed by atoms with Crippen LogP contribution in [0.2, 0.25) is 6.32 Å². The maximum Gasteiger partial charge on any atom is 0.457 e. The van der Waals surface area contributed by atoms with E-state index in [4.69, 9.17) is 15.0 Å². The Labute approximate surface area is 105 Å². The van der Waals surface area contributed by atoms with Gasteiger partial charge in [0.2, 0.25) is 0 Å². The molecule has 1 spiro atoms. The highest BCUT2D eigenvalue weighted by Crippen LogP contribution is 2.70. The van der Waals surface area contributed by atoms with Crippen LogP contribution in [-0.4, -0.2) is 24.9 Å². The van der Waals surface area contributed by atoms with Crippen molar-refractivity contribution in [1.82, 2.24) is 0 Å². The van der Waals surface area contributed by atoms with Crippen molar-refractivity contribution < 1.29 is 9.31 Å². The molecule has 3 nitrogen and oxygen atoms in total. The van der Waals surface area contributed by atoms with Gasteiger partial charge in [0.1, 0.15) is 0 Å². The highest BCUT2D eigenvalue weighted by Gasteiger charge is 2.75. The van der Waals surface area contributed by atoms with Gasteiger partial charge in [-0.25, -0.2) is 0 Å². The molecule has 3 aliphatic carbocycles. The Balaban J connectivity index is 1.82. The molecular formula is C13H24BNO2. The lowest BCUT2D eigenvalue weighted by Crippen LogP contribution is -2.73. The average Bonchev–Trinajstić information content (AvgIpc) is 2.61. The van der Waals surface area contributed by atoms with Gasteiger partial charge in [-0.2, -0.15) is 0 Å². The summed E-state index contributed by atoms with van der Waals surface area (Å²) in [6.45, 7) is 7.69. The first-order valence-corrected chi connectivity index (χ1v) is 7.01. The smallest absolute Gasteiger partial charge is 0.403 e. The van der Waals surface area contributed by atoms with Gasteiger partial charge in [0.25, 0.3) is 0 Å². The van der Waals surface area contributed by atoms with E-state index in [1.54, 1.807) is 0 Å². The van der Waals surface area contributed by atoms with E-state index >= 15 is 0 Å². The van der Waals surface area contributed by atoms with Crippen molar-refractivity contribution in [3.05, 3.63) is 0 Å². The summed E-state index contributed by atoms with van der Waals surface area (Å²) < 4.78 is 12.6. The SMILES string of the molecule is CC1(C)C2CC[C@]3(C)OB(CCCN)O[C@@]13C2. The Bertz CT molecular complexity index is 335. The zero-order chi connectivity index (χ0) is 12.3. The number of rotatable bonds is 3. The van der Waals surface area contributed by atoms with Crippen LogP contribution in [0.5, 0.6) is 0 Å². The van der Waals surface area contributed by atoms with Gasteiger partial charge in [-0.1, -0.05) is 13.8 Å². The van der Waals surface area contributed by atoms with Crippen LogP contribution in [0.15, 0.2) is 0 Å². The Morgan fingerprint density at radius 3 is 2.65 bits per heavy atom. The third-order valence-electron chi connectivity index (χ3n) is 5.79. The molecule has 0 radical (unpaired) electrons. The first kappa shape index (κ1) is 12.0. The fourth-order valence-electron chi connectivity index (χ4n) is 4.50. The van der Waals surface area contributed by atoms with Crippen LogP contribution in [0, 0.1) is 11.3 Å². The van der Waals surface area contributed by atoms with E-state index in [9.17, 15) is 0 Å². The summed E-state index contributed by atoms with van der Waals surface area (Å²) in [4.78, 5) is 0. The normalized spacial score (nSPS) is 46.6. The van der Waals surface area contributed by atoms with Crippen LogP contribution in [0.1, 0.15) is 46.5 Å². The Hall–Kier alpha value is -0.0551. The molecule has 2 N–H and O–H groups in total. The molecule has 0 aromatic heterocycles. The fourth-order valence-corrected chi connectivity index (χ4v) is 4.50. The molecule has 1 heterocycles. The maximum absolute atomic E-state index is 6.36. The quantitative estimate of drug-likeness (QED) is 0.765. The van der Waals surface area contributed by atoms with E-state index in [-0.39, 0.29) is 23.7 Å². The molecule has 1 aliphatic heterocycles. The van der Waals surface area contributed by atoms with Crippen LogP contribution in [-0.2, 0) is 9.31 Å². The predicted octanol–water partition coefficient (Wildman–Crippen LogP) is 2.21. The van der Waals surface area contributed by atoms with Crippen molar-refractivity contribution in [2.24, 2.45) is 17.1 Å². The minimum atomic E-state index is -0.0650. The van der Waals surface area contributed by atoms with Gasteiger partial charge >= 0.3 is 7.12 Å². The number of hydrogen-bond acceptors (Lipinski definition) is 3. The molecule has 0 aromatic rings. The monoisotopic (exact) mass is 237 g/mol. The van der Waals surface area contributed by atoms with Crippen molar-refractivity contribution in [3.8, 4) is 0 Å². The van der Waals surface area contributed by atoms with Gasteiger partial charge in [-0.15, -0.1) is 0 Å². The number of nitrogens with two attached hydrogens (primary N) is 1. The van der Waals surface area contributed by atoms with Crippen LogP contribution in [0.3, 0.4) is 0 Å². The number of hydrogen-bond donors (Lipinski definition) is 1. The summed E-state index contributed by atoms with van der Waals surface area (Å²) in [6.07, 6.45) is 5.56. The molecule has 4 aliphatic rings. The first-order chi connectivity index (χ1) is 7.95. The molecular weight excluding hydrogens is 213 g/mol. The molecule has 4 rings (SSSR count). The molecule has 1 saturated heterocycles. The summed E-state index contributed by atoms with van der Waals surface area (Å²) in [5.41, 5.74) is 5.76. The van der Waals surface area contributed by atoms with Crippen LogP contribution in [0.4, 0.5) is 0 Å². The van der Waals surface area contributed by atoms with Gasteiger partial charge in [0.15, 0.2) is 0 Å². The van der Waals surface area contributed by atoms with Crippen molar-refractivity contribution in [3.63, 3.8) is 0 Å². The van der Waals surface area contributed by atoms with Crippen LogP contribution in [0.25, 0.3) is 0 Å². The van der Waals surface area contributed by atoms with Crippen molar-refractivity contribution >= 4 is 7.12 Å². The molecule has 2 bridgehead atoms. The van der Waals surface area contributed by atoms with Gasteiger partial charge in [-0.3, -0.25) is 0 Å². The second-order valence-electron chi connectivity index (χ2n) is 6.82. The van der Waals surface area contributed by atoms with E-state index < -0.39 is 0 Å². The standard InChI is InChI=1S/C13H24BNO2/c1-11(2)10-5-6-12(3)13(11,9-10)17-14(16-12)7-4-8-15/h10H,4-9,15H2,1-3H3/t10?,12-,13-/m0/s1. The molecule has 96 valence electrons. The largest absolute Gasteiger partial charge is 0.457 e. The Morgan fingerprint density at radius 1 is 1.29 bits per heavy atom. The Morgan fingerprint density at radius 2 is 2.06 bits per heavy atom. The predicted molar refractivity (Wildman–Crippen MR) is 68.7 cm³/mol. The van der Waals surface area contributed by atoms with E-state index in [0.29, 0.717) is 0 Å². The van der Waals surface area contributed by atoms with Gasteiger partial charge in [0, 0.05) is 0 Å². The van der Waals surface area contributed by atoms with Crippen LogP contribution < -0.4 is 5.73 Å². The highest BCUT2D eigenvalue weighted by molar-refractivity contribution is 6.45. The fraction of sp³-hybridized carbons (Fsp3) is 1.00. The summed E-state index contributed by atoms with van der Waals surface area (Å²) in [5, 5.41) is 0. The summed E-state index contributed by atoms with van der Waals surface area (Å²) in [7, 11) is -0.0260. The molecule has 4 fully saturated rings. The molecule has 0 aromatic carbocycles. The van der Waals surface area contributed by atoms with E-state index in [0.717, 1.165) is 31.6 Å². The third kappa shape index (κ3) is 1.29. The molecule has 3 saturated carbocycles. The second-order valence-corrected chi connectivity index (χ2v) is 6.82. The maximum atomic E-state index is 6.36.